The lowest BCUT2D eigenvalue weighted by Gasteiger charge is -2.49. The largest absolute Gasteiger partial charge is 0.487 e. The molecular weight excluding hydrogens is 594 g/mol. The second-order valence-electron chi connectivity index (χ2n) is 17.5. The highest BCUT2D eigenvalue weighted by Crippen LogP contribution is 2.38. The molecule has 7 heteroatoms. The van der Waals surface area contributed by atoms with Gasteiger partial charge in [0.05, 0.1) is 17.2 Å². The Labute approximate surface area is 291 Å². The molecule has 0 radical (unpaired) electrons. The highest BCUT2D eigenvalue weighted by Gasteiger charge is 2.41. The van der Waals surface area contributed by atoms with Crippen molar-refractivity contribution in [3.05, 3.63) is 59.7 Å². The van der Waals surface area contributed by atoms with Crippen molar-refractivity contribution in [3.8, 4) is 11.8 Å². The number of hydrogen-bond acceptors (Lipinski definition) is 7. The number of piperazine rings is 1. The summed E-state index contributed by atoms with van der Waals surface area (Å²) in [5.74, 6) is 0.945. The van der Waals surface area contributed by atoms with Crippen LogP contribution in [0.1, 0.15) is 105 Å². The Morgan fingerprint density at radius 3 is 1.77 bits per heavy atom. The lowest BCUT2D eigenvalue weighted by Crippen LogP contribution is -2.56. The zero-order valence-electron chi connectivity index (χ0n) is 31.3. The number of rotatable bonds is 10. The maximum Gasteiger partial charge on any atom is 0.123 e. The van der Waals surface area contributed by atoms with E-state index < -0.39 is 5.60 Å². The Kier molecular flexibility index (Phi) is 10.9. The molecule has 3 aliphatic rings. The van der Waals surface area contributed by atoms with Crippen LogP contribution in [-0.4, -0.2) is 100.0 Å². The predicted octanol–water partition coefficient (Wildman–Crippen LogP) is 7.12. The number of aliphatic hydroxyl groups is 1. The first-order valence-electron chi connectivity index (χ1n) is 18.5. The third kappa shape index (κ3) is 8.93. The Balaban J connectivity index is 1.11. The molecule has 2 aromatic rings. The minimum atomic E-state index is -0.712. The molecule has 0 amide bonds. The summed E-state index contributed by atoms with van der Waals surface area (Å²) in [7, 11) is 0. The molecule has 3 heterocycles. The monoisotopic (exact) mass is 657 g/mol. The average molecular weight is 658 g/mol. The molecule has 0 saturated carbocycles. The summed E-state index contributed by atoms with van der Waals surface area (Å²) < 4.78 is 6.78. The Morgan fingerprint density at radius 2 is 1.23 bits per heavy atom. The first-order valence-corrected chi connectivity index (χ1v) is 18.5. The summed E-state index contributed by atoms with van der Waals surface area (Å²) >= 11 is 0. The van der Waals surface area contributed by atoms with Gasteiger partial charge in [0, 0.05) is 81.1 Å². The highest BCUT2D eigenvalue weighted by atomic mass is 16.5. The summed E-state index contributed by atoms with van der Waals surface area (Å²) in [6.07, 6.45) is 6.48. The Hall–Kier alpha value is -2.63. The second-order valence-corrected chi connectivity index (χ2v) is 17.5. The van der Waals surface area contributed by atoms with Crippen LogP contribution in [0.2, 0.25) is 0 Å². The van der Waals surface area contributed by atoms with E-state index in [2.05, 4.69) is 117 Å². The molecular formula is C41H63N5O2. The van der Waals surface area contributed by atoms with Crippen LogP contribution in [0.3, 0.4) is 0 Å². The standard InChI is InChI=1S/C41H63N5O2/c1-37(2,3)44-23-19-40(8,20-24-44)48-36-12-10-9-11-34(36)31-41(47)21-25-45(26-22-41)38(4,5)17-18-39(6,7)46-29-27-43(28-30-46)35-15-13-33(32-42)14-16-35/h9-16,47H,17-31H2,1-8H3. The number of piperidine rings is 2. The van der Waals surface area contributed by atoms with Crippen LogP contribution in [0.5, 0.6) is 5.75 Å². The molecule has 0 unspecified atom stereocenters. The molecule has 0 spiro atoms. The van der Waals surface area contributed by atoms with Crippen LogP contribution in [0.15, 0.2) is 48.5 Å². The summed E-state index contributed by atoms with van der Waals surface area (Å²) in [6, 6.07) is 18.6. The van der Waals surface area contributed by atoms with Crippen LogP contribution < -0.4 is 9.64 Å². The van der Waals surface area contributed by atoms with Gasteiger partial charge in [0.15, 0.2) is 0 Å². The van der Waals surface area contributed by atoms with Crippen LogP contribution in [0, 0.1) is 11.3 Å². The van der Waals surface area contributed by atoms with Gasteiger partial charge in [0.25, 0.3) is 0 Å². The predicted molar refractivity (Wildman–Crippen MR) is 198 cm³/mol. The summed E-state index contributed by atoms with van der Waals surface area (Å²) in [6.45, 7) is 26.8. The van der Waals surface area contributed by atoms with Crippen molar-refractivity contribution in [3.63, 3.8) is 0 Å². The molecule has 3 saturated heterocycles. The molecule has 7 nitrogen and oxygen atoms in total. The fraction of sp³-hybridized carbons (Fsp3) is 0.683. The lowest BCUT2D eigenvalue weighted by atomic mass is 9.81. The first-order chi connectivity index (χ1) is 22.5. The van der Waals surface area contributed by atoms with Crippen molar-refractivity contribution in [1.29, 1.82) is 5.26 Å². The number of nitriles is 1. The summed E-state index contributed by atoms with van der Waals surface area (Å²) in [4.78, 5) is 10.3. The molecule has 2 aromatic carbocycles. The molecule has 264 valence electrons. The molecule has 0 aliphatic carbocycles. The van der Waals surface area contributed by atoms with E-state index in [4.69, 9.17) is 10.00 Å². The number of ether oxygens (including phenoxy) is 1. The van der Waals surface area contributed by atoms with Crippen molar-refractivity contribution < 1.29 is 9.84 Å². The molecule has 3 aliphatic heterocycles. The smallest absolute Gasteiger partial charge is 0.123 e. The van der Waals surface area contributed by atoms with Gasteiger partial charge in [-0.05, 0) is 130 Å². The minimum absolute atomic E-state index is 0.0699. The third-order valence-electron chi connectivity index (χ3n) is 12.0. The molecule has 1 N–H and O–H groups in total. The third-order valence-corrected chi connectivity index (χ3v) is 12.0. The van der Waals surface area contributed by atoms with Gasteiger partial charge < -0.3 is 14.7 Å². The van der Waals surface area contributed by atoms with Crippen molar-refractivity contribution in [2.75, 3.05) is 57.3 Å². The Bertz CT molecular complexity index is 1380. The van der Waals surface area contributed by atoms with E-state index in [9.17, 15) is 5.11 Å². The number of anilines is 1. The molecule has 0 bridgehead atoms. The number of benzene rings is 2. The van der Waals surface area contributed by atoms with Gasteiger partial charge >= 0.3 is 0 Å². The second kappa shape index (κ2) is 14.3. The van der Waals surface area contributed by atoms with Gasteiger partial charge in [0.1, 0.15) is 11.4 Å². The van der Waals surface area contributed by atoms with E-state index in [1.165, 1.54) is 5.69 Å². The van der Waals surface area contributed by atoms with Gasteiger partial charge in [-0.1, -0.05) is 18.2 Å². The number of nitrogens with zero attached hydrogens (tertiary/aromatic N) is 5. The molecule has 5 rings (SSSR count). The van der Waals surface area contributed by atoms with Gasteiger partial charge in [-0.2, -0.15) is 5.26 Å². The van der Waals surface area contributed by atoms with Crippen molar-refractivity contribution >= 4 is 5.69 Å². The normalized spacial score (nSPS) is 21.5. The van der Waals surface area contributed by atoms with Gasteiger partial charge in [0.2, 0.25) is 0 Å². The lowest BCUT2D eigenvalue weighted by molar-refractivity contribution is -0.0500. The fourth-order valence-electron chi connectivity index (χ4n) is 8.07. The van der Waals surface area contributed by atoms with E-state index >= 15 is 0 Å². The number of para-hydroxylation sites is 1. The van der Waals surface area contributed by atoms with E-state index in [1.807, 2.05) is 12.1 Å². The molecule has 0 aromatic heterocycles. The minimum Gasteiger partial charge on any atom is -0.487 e. The van der Waals surface area contributed by atoms with Crippen LogP contribution in [0.25, 0.3) is 0 Å². The van der Waals surface area contributed by atoms with Crippen molar-refractivity contribution in [2.24, 2.45) is 0 Å². The summed E-state index contributed by atoms with van der Waals surface area (Å²) in [5.41, 5.74) is 2.54. The van der Waals surface area contributed by atoms with E-state index in [0.29, 0.717) is 12.0 Å². The van der Waals surface area contributed by atoms with Crippen LogP contribution in [0.4, 0.5) is 5.69 Å². The molecule has 0 atom stereocenters. The maximum absolute atomic E-state index is 11.9. The zero-order valence-corrected chi connectivity index (χ0v) is 31.3. The van der Waals surface area contributed by atoms with Gasteiger partial charge in [-0.25, -0.2) is 0 Å². The van der Waals surface area contributed by atoms with Gasteiger partial charge in [-0.15, -0.1) is 0 Å². The molecule has 3 fully saturated rings. The number of likely N-dealkylation sites (tertiary alicyclic amines) is 2. The van der Waals surface area contributed by atoms with Crippen LogP contribution in [-0.2, 0) is 6.42 Å². The maximum atomic E-state index is 11.9. The van der Waals surface area contributed by atoms with Crippen molar-refractivity contribution in [2.45, 2.75) is 128 Å². The molecule has 48 heavy (non-hydrogen) atoms. The van der Waals surface area contributed by atoms with E-state index in [0.717, 1.165) is 102 Å². The van der Waals surface area contributed by atoms with E-state index in [-0.39, 0.29) is 22.2 Å². The highest BCUT2D eigenvalue weighted by molar-refractivity contribution is 5.50. The number of hydrogen-bond donors (Lipinski definition) is 1. The van der Waals surface area contributed by atoms with Gasteiger partial charge in [-0.3, -0.25) is 14.7 Å². The topological polar surface area (TPSA) is 66.2 Å². The zero-order chi connectivity index (χ0) is 34.8. The van der Waals surface area contributed by atoms with Crippen LogP contribution >= 0.6 is 0 Å². The average Bonchev–Trinajstić information content (AvgIpc) is 3.05. The quantitative estimate of drug-likeness (QED) is 0.292. The van der Waals surface area contributed by atoms with Crippen molar-refractivity contribution in [1.82, 2.24) is 14.7 Å². The SMILES string of the molecule is CC1(Oc2ccccc2CC2(O)CCN(C(C)(C)CCC(C)(C)N3CCN(c4ccc(C#N)cc4)CC3)CC2)CCN(C(C)(C)C)CC1. The fourth-order valence-corrected chi connectivity index (χ4v) is 8.07. The van der Waals surface area contributed by atoms with E-state index in [1.54, 1.807) is 0 Å². The first kappa shape index (κ1) is 36.6. The summed E-state index contributed by atoms with van der Waals surface area (Å²) in [5, 5.41) is 21.0. The Morgan fingerprint density at radius 1 is 0.708 bits per heavy atom.